The van der Waals surface area contributed by atoms with E-state index in [1.54, 1.807) is 18.2 Å². The van der Waals surface area contributed by atoms with Crippen LogP contribution < -0.4 is 0 Å². The normalized spacial score (nSPS) is 17.6. The van der Waals surface area contributed by atoms with E-state index in [1.165, 1.54) is 12.1 Å². The first kappa shape index (κ1) is 9.38. The van der Waals surface area contributed by atoms with Gasteiger partial charge >= 0.3 is 0 Å². The van der Waals surface area contributed by atoms with Gasteiger partial charge < -0.3 is 0 Å². The Kier molecular flexibility index (Phi) is 2.36. The van der Waals surface area contributed by atoms with Gasteiger partial charge in [0.15, 0.2) is 0 Å². The van der Waals surface area contributed by atoms with Crippen LogP contribution in [0.4, 0.5) is 8.78 Å². The molecule has 0 nitrogen and oxygen atoms in total. The number of hydrogen-bond donors (Lipinski definition) is 0. The molecule has 0 aliphatic heterocycles. The maximum atomic E-state index is 13.8. The summed E-state index contributed by atoms with van der Waals surface area (Å²) in [4.78, 5) is 0. The number of halogens is 2. The largest absolute Gasteiger partial charge is 0.276 e. The van der Waals surface area contributed by atoms with Gasteiger partial charge in [-0.3, -0.25) is 0 Å². The number of allylic oxidation sites excluding steroid dienone is 2. The monoisotopic (exact) mass is 194 g/mol. The lowest BCUT2D eigenvalue weighted by molar-refractivity contribution is -0.0604. The van der Waals surface area contributed by atoms with Crippen LogP contribution >= 0.6 is 0 Å². The van der Waals surface area contributed by atoms with Gasteiger partial charge in [-0.25, -0.2) is 8.78 Å². The van der Waals surface area contributed by atoms with E-state index in [1.807, 2.05) is 12.2 Å². The highest BCUT2D eigenvalue weighted by atomic mass is 19.3. The topological polar surface area (TPSA) is 0 Å². The molecule has 0 saturated carbocycles. The molecular weight excluding hydrogens is 182 g/mol. The average Bonchev–Trinajstić information content (AvgIpc) is 2.72. The molecule has 2 heteroatoms. The van der Waals surface area contributed by atoms with Gasteiger partial charge in [0.2, 0.25) is 0 Å². The molecule has 0 aromatic heterocycles. The summed E-state index contributed by atoms with van der Waals surface area (Å²) in [6.45, 7) is 0. The van der Waals surface area contributed by atoms with Crippen LogP contribution in [0.15, 0.2) is 42.5 Å². The van der Waals surface area contributed by atoms with Gasteiger partial charge in [-0.15, -0.1) is 0 Å². The molecule has 1 aromatic rings. The van der Waals surface area contributed by atoms with Crippen LogP contribution in [0.25, 0.3) is 0 Å². The maximum absolute atomic E-state index is 13.8. The molecule has 0 bridgehead atoms. The Morgan fingerprint density at radius 1 is 1.00 bits per heavy atom. The van der Waals surface area contributed by atoms with Crippen molar-refractivity contribution in [3.63, 3.8) is 0 Å². The summed E-state index contributed by atoms with van der Waals surface area (Å²) in [5.74, 6) is -3.24. The summed E-state index contributed by atoms with van der Waals surface area (Å²) in [5.41, 5.74) is 0.133. The van der Waals surface area contributed by atoms with E-state index < -0.39 is 11.8 Å². The third-order valence-electron chi connectivity index (χ3n) is 2.68. The van der Waals surface area contributed by atoms with Crippen LogP contribution in [-0.4, -0.2) is 0 Å². The maximum Gasteiger partial charge on any atom is 0.276 e. The minimum Gasteiger partial charge on any atom is -0.201 e. The van der Waals surface area contributed by atoms with Gasteiger partial charge in [0.05, 0.1) is 0 Å². The fraction of sp³-hybridized carbons (Fsp3) is 0.333. The Labute approximate surface area is 82.3 Å². The molecule has 74 valence electrons. The first-order valence-electron chi connectivity index (χ1n) is 4.79. The Hall–Kier alpha value is -1.18. The predicted molar refractivity (Wildman–Crippen MR) is 52.2 cm³/mol. The molecule has 1 aromatic carbocycles. The Balaban J connectivity index is 2.23. The molecule has 0 atom stereocenters. The van der Waals surface area contributed by atoms with Crippen molar-refractivity contribution in [1.82, 2.24) is 0 Å². The fourth-order valence-corrected chi connectivity index (χ4v) is 1.81. The van der Waals surface area contributed by atoms with Crippen molar-refractivity contribution >= 4 is 0 Å². The minimum absolute atomic E-state index is 0.133. The first-order chi connectivity index (χ1) is 6.71. The molecular formula is C12H12F2. The zero-order valence-corrected chi connectivity index (χ0v) is 7.79. The SMILES string of the molecule is FC(F)(c1ccccc1)C1CC=CC1. The summed E-state index contributed by atoms with van der Waals surface area (Å²) in [6, 6.07) is 8.07. The molecule has 0 unspecified atom stereocenters. The van der Waals surface area contributed by atoms with Crippen LogP contribution in [-0.2, 0) is 5.92 Å². The predicted octanol–water partition coefficient (Wildman–Crippen LogP) is 3.74. The highest BCUT2D eigenvalue weighted by molar-refractivity contribution is 5.22. The number of alkyl halides is 2. The number of hydrogen-bond acceptors (Lipinski definition) is 0. The van der Waals surface area contributed by atoms with Gasteiger partial charge in [0.1, 0.15) is 0 Å². The van der Waals surface area contributed by atoms with E-state index in [0.29, 0.717) is 12.8 Å². The van der Waals surface area contributed by atoms with E-state index in [4.69, 9.17) is 0 Å². The van der Waals surface area contributed by atoms with E-state index in [0.717, 1.165) is 0 Å². The third-order valence-corrected chi connectivity index (χ3v) is 2.68. The molecule has 1 aliphatic rings. The summed E-state index contributed by atoms with van der Waals surface area (Å²) in [7, 11) is 0. The van der Waals surface area contributed by atoms with Crippen LogP contribution in [0.1, 0.15) is 18.4 Å². The zero-order chi connectivity index (χ0) is 10.0. The lowest BCUT2D eigenvalue weighted by atomic mass is 9.93. The second-order valence-corrected chi connectivity index (χ2v) is 3.63. The van der Waals surface area contributed by atoms with Crippen molar-refractivity contribution < 1.29 is 8.78 Å². The molecule has 2 rings (SSSR count). The van der Waals surface area contributed by atoms with E-state index in [9.17, 15) is 8.78 Å². The van der Waals surface area contributed by atoms with Gasteiger partial charge in [0.25, 0.3) is 5.92 Å². The molecule has 1 aliphatic carbocycles. The molecule has 0 amide bonds. The number of rotatable bonds is 2. The van der Waals surface area contributed by atoms with Crippen molar-refractivity contribution in [2.45, 2.75) is 18.8 Å². The third kappa shape index (κ3) is 1.57. The van der Waals surface area contributed by atoms with Gasteiger partial charge in [-0.2, -0.15) is 0 Å². The smallest absolute Gasteiger partial charge is 0.201 e. The van der Waals surface area contributed by atoms with Gasteiger partial charge in [-0.05, 0) is 12.8 Å². The summed E-state index contributed by atoms with van der Waals surface area (Å²) in [6.07, 6.45) is 4.65. The summed E-state index contributed by atoms with van der Waals surface area (Å²) < 4.78 is 27.6. The fourth-order valence-electron chi connectivity index (χ4n) is 1.81. The molecule has 0 saturated heterocycles. The summed E-state index contributed by atoms with van der Waals surface area (Å²) in [5, 5.41) is 0. The summed E-state index contributed by atoms with van der Waals surface area (Å²) >= 11 is 0. The van der Waals surface area contributed by atoms with Crippen molar-refractivity contribution in [1.29, 1.82) is 0 Å². The van der Waals surface area contributed by atoms with Crippen LogP contribution in [0, 0.1) is 5.92 Å². The molecule has 0 radical (unpaired) electrons. The van der Waals surface area contributed by atoms with Gasteiger partial charge in [0, 0.05) is 11.5 Å². The molecule has 14 heavy (non-hydrogen) atoms. The van der Waals surface area contributed by atoms with E-state index >= 15 is 0 Å². The van der Waals surface area contributed by atoms with Crippen LogP contribution in [0.2, 0.25) is 0 Å². The molecule has 0 fully saturated rings. The molecule has 0 N–H and O–H groups in total. The van der Waals surface area contributed by atoms with Crippen LogP contribution in [0.3, 0.4) is 0 Å². The highest BCUT2D eigenvalue weighted by Crippen LogP contribution is 2.42. The quantitative estimate of drug-likeness (QED) is 0.629. The standard InChI is InChI=1S/C12H12F2/c13-12(14,11-8-4-5-9-11)10-6-2-1-3-7-10/h1-7,11H,8-9H2. The van der Waals surface area contributed by atoms with E-state index in [2.05, 4.69) is 0 Å². The minimum atomic E-state index is -2.69. The van der Waals surface area contributed by atoms with Crippen molar-refractivity contribution in [3.05, 3.63) is 48.0 Å². The zero-order valence-electron chi connectivity index (χ0n) is 7.79. The van der Waals surface area contributed by atoms with Crippen molar-refractivity contribution in [2.24, 2.45) is 5.92 Å². The van der Waals surface area contributed by atoms with Crippen LogP contribution in [0.5, 0.6) is 0 Å². The lowest BCUT2D eigenvalue weighted by Crippen LogP contribution is -2.23. The van der Waals surface area contributed by atoms with E-state index in [-0.39, 0.29) is 5.56 Å². The molecule has 0 heterocycles. The molecule has 0 spiro atoms. The van der Waals surface area contributed by atoms with Crippen molar-refractivity contribution in [2.75, 3.05) is 0 Å². The first-order valence-corrected chi connectivity index (χ1v) is 4.79. The van der Waals surface area contributed by atoms with Gasteiger partial charge in [-0.1, -0.05) is 42.5 Å². The Morgan fingerprint density at radius 3 is 2.14 bits per heavy atom. The van der Waals surface area contributed by atoms with Crippen molar-refractivity contribution in [3.8, 4) is 0 Å². The Morgan fingerprint density at radius 2 is 1.57 bits per heavy atom. The Bertz CT molecular complexity index is 319. The second kappa shape index (κ2) is 3.52. The number of benzene rings is 1. The lowest BCUT2D eigenvalue weighted by Gasteiger charge is -2.23. The average molecular weight is 194 g/mol. The highest BCUT2D eigenvalue weighted by Gasteiger charge is 2.40. The second-order valence-electron chi connectivity index (χ2n) is 3.63.